The van der Waals surface area contributed by atoms with Crippen LogP contribution in [0.3, 0.4) is 0 Å². The van der Waals surface area contributed by atoms with E-state index in [1.807, 2.05) is 11.0 Å². The fourth-order valence-corrected chi connectivity index (χ4v) is 3.54. The monoisotopic (exact) mass is 419 g/mol. The number of rotatable bonds is 3. The van der Waals surface area contributed by atoms with E-state index in [0.717, 1.165) is 35.8 Å². The van der Waals surface area contributed by atoms with E-state index in [9.17, 15) is 9.59 Å². The molecular weight excluding hydrogens is 401 g/mol. The number of amides is 1. The van der Waals surface area contributed by atoms with Crippen LogP contribution in [0.5, 0.6) is 0 Å². The van der Waals surface area contributed by atoms with Crippen LogP contribution < -0.4 is 0 Å². The zero-order chi connectivity index (χ0) is 15.4. The lowest BCUT2D eigenvalue weighted by Gasteiger charge is -2.30. The molecule has 21 heavy (non-hydrogen) atoms. The molecule has 1 saturated heterocycles. The van der Waals surface area contributed by atoms with Crippen molar-refractivity contribution in [3.63, 3.8) is 0 Å². The molecule has 1 heterocycles. The topological polar surface area (TPSA) is 37.4 Å². The minimum Gasteiger partial charge on any atom is -0.335 e. The first kappa shape index (κ1) is 16.7. The summed E-state index contributed by atoms with van der Waals surface area (Å²) in [5.41, 5.74) is 0.638. The van der Waals surface area contributed by atoms with Gasteiger partial charge in [0.05, 0.1) is 5.56 Å². The number of Topliss-reactive ketones (excluding diaryl/α,β-unsaturated/α-hetero) is 1. The van der Waals surface area contributed by atoms with Gasteiger partial charge in [0, 0.05) is 27.6 Å². The number of hydrogen-bond acceptors (Lipinski definition) is 2. The number of hydrogen-bond donors (Lipinski definition) is 0. The quantitative estimate of drug-likeness (QED) is 0.685. The highest BCUT2D eigenvalue weighted by Gasteiger charge is 2.28. The van der Waals surface area contributed by atoms with Crippen LogP contribution in [0.1, 0.15) is 49.4 Å². The molecule has 0 saturated carbocycles. The Labute approximate surface area is 144 Å². The molecule has 0 radical (unpaired) electrons. The van der Waals surface area contributed by atoms with Gasteiger partial charge < -0.3 is 4.90 Å². The van der Waals surface area contributed by atoms with Gasteiger partial charge in [-0.2, -0.15) is 0 Å². The number of likely N-dealkylation sites (tertiary alicyclic amines) is 1. The van der Waals surface area contributed by atoms with Crippen molar-refractivity contribution in [3.8, 4) is 0 Å². The van der Waals surface area contributed by atoms with E-state index in [2.05, 4.69) is 22.6 Å². The van der Waals surface area contributed by atoms with Gasteiger partial charge in [-0.15, -0.1) is 0 Å². The van der Waals surface area contributed by atoms with Crippen LogP contribution in [0, 0.1) is 3.57 Å². The van der Waals surface area contributed by atoms with Crippen LogP contribution in [0.15, 0.2) is 18.2 Å². The summed E-state index contributed by atoms with van der Waals surface area (Å²) in [6.45, 7) is 2.32. The van der Waals surface area contributed by atoms with Gasteiger partial charge in [0.2, 0.25) is 0 Å². The summed E-state index contributed by atoms with van der Waals surface area (Å²) < 4.78 is 0.896. The van der Waals surface area contributed by atoms with Crippen LogP contribution >= 0.6 is 34.2 Å². The Balaban J connectivity index is 2.28. The maximum atomic E-state index is 12.9. The minimum absolute atomic E-state index is 0.00458. The maximum absolute atomic E-state index is 12.9. The predicted octanol–water partition coefficient (Wildman–Crippen LogP) is 4.31. The molecule has 0 N–H and O–H groups in total. The van der Waals surface area contributed by atoms with Crippen LogP contribution in [-0.2, 0) is 4.79 Å². The lowest BCUT2D eigenvalue weighted by Crippen LogP contribution is -2.41. The van der Waals surface area contributed by atoms with E-state index in [-0.39, 0.29) is 17.7 Å². The highest BCUT2D eigenvalue weighted by atomic mass is 127. The lowest BCUT2D eigenvalue weighted by atomic mass is 10.0. The Morgan fingerprint density at radius 1 is 1.33 bits per heavy atom. The molecule has 1 aromatic rings. The number of benzene rings is 1. The molecule has 0 bridgehead atoms. The largest absolute Gasteiger partial charge is 0.335 e. The molecule has 1 atom stereocenters. The summed E-state index contributed by atoms with van der Waals surface area (Å²) in [5.74, 6) is 0.135. The third kappa shape index (κ3) is 4.42. The van der Waals surface area contributed by atoms with Gasteiger partial charge >= 0.3 is 0 Å². The summed E-state index contributed by atoms with van der Waals surface area (Å²) in [5, 5.41) is 0.566. The Morgan fingerprint density at radius 3 is 2.81 bits per heavy atom. The second-order valence-corrected chi connectivity index (χ2v) is 7.13. The first-order valence-electron chi connectivity index (χ1n) is 7.24. The van der Waals surface area contributed by atoms with E-state index >= 15 is 0 Å². The first-order chi connectivity index (χ1) is 9.99. The lowest BCUT2D eigenvalue weighted by molar-refractivity contribution is -0.118. The van der Waals surface area contributed by atoms with Gasteiger partial charge in [-0.3, -0.25) is 9.59 Å². The molecule has 5 heteroatoms. The fourth-order valence-electron chi connectivity index (χ4n) is 2.80. The van der Waals surface area contributed by atoms with Gasteiger partial charge in [0.15, 0.2) is 0 Å². The normalized spacial score (nSPS) is 19.2. The summed E-state index contributed by atoms with van der Waals surface area (Å²) in [4.78, 5) is 26.2. The molecular formula is C16H19ClINO2. The minimum atomic E-state index is -0.00458. The average Bonchev–Trinajstić information content (AvgIpc) is 2.65. The standard InChI is InChI=1S/C16H19ClINO2/c1-11(20)9-13-5-3-2-4-8-19(13)16(21)14-10-12(17)6-7-15(14)18/h6-7,10,13H,2-5,8-9H2,1H3. The van der Waals surface area contributed by atoms with Crippen LogP contribution in [0.2, 0.25) is 5.02 Å². The van der Waals surface area contributed by atoms with E-state index < -0.39 is 0 Å². The van der Waals surface area contributed by atoms with Gasteiger partial charge in [0.25, 0.3) is 5.91 Å². The second-order valence-electron chi connectivity index (χ2n) is 5.53. The van der Waals surface area contributed by atoms with Crippen molar-refractivity contribution in [2.75, 3.05) is 6.54 Å². The third-order valence-corrected chi connectivity index (χ3v) is 5.00. The molecule has 1 aromatic carbocycles. The summed E-state index contributed by atoms with van der Waals surface area (Å²) >= 11 is 8.18. The molecule has 1 aliphatic rings. The van der Waals surface area contributed by atoms with Gasteiger partial charge in [-0.25, -0.2) is 0 Å². The van der Waals surface area contributed by atoms with Crippen LogP contribution in [0.25, 0.3) is 0 Å². The van der Waals surface area contributed by atoms with Crippen molar-refractivity contribution in [1.82, 2.24) is 4.90 Å². The maximum Gasteiger partial charge on any atom is 0.255 e. The van der Waals surface area contributed by atoms with Crippen molar-refractivity contribution in [2.24, 2.45) is 0 Å². The van der Waals surface area contributed by atoms with Crippen molar-refractivity contribution in [2.45, 2.75) is 45.1 Å². The van der Waals surface area contributed by atoms with Crippen molar-refractivity contribution >= 4 is 45.9 Å². The zero-order valence-corrected chi connectivity index (χ0v) is 15.0. The van der Waals surface area contributed by atoms with E-state index in [1.165, 1.54) is 0 Å². The number of carbonyl (C=O) groups excluding carboxylic acids is 2. The highest BCUT2D eigenvalue weighted by Crippen LogP contribution is 2.25. The number of halogens is 2. The Kier molecular flexibility index (Phi) is 6.05. The van der Waals surface area contributed by atoms with Gasteiger partial charge in [0.1, 0.15) is 5.78 Å². The fraction of sp³-hybridized carbons (Fsp3) is 0.500. The molecule has 1 unspecified atom stereocenters. The van der Waals surface area contributed by atoms with Gasteiger partial charge in [-0.1, -0.05) is 24.4 Å². The van der Waals surface area contributed by atoms with Crippen LogP contribution in [0.4, 0.5) is 0 Å². The number of ketones is 1. The van der Waals surface area contributed by atoms with E-state index in [1.54, 1.807) is 19.1 Å². The van der Waals surface area contributed by atoms with Crippen molar-refractivity contribution in [1.29, 1.82) is 0 Å². The summed E-state index contributed by atoms with van der Waals surface area (Å²) in [6.07, 6.45) is 4.54. The molecule has 1 amide bonds. The molecule has 1 aliphatic heterocycles. The Morgan fingerprint density at radius 2 is 2.10 bits per heavy atom. The zero-order valence-electron chi connectivity index (χ0n) is 12.1. The first-order valence-corrected chi connectivity index (χ1v) is 8.70. The van der Waals surface area contributed by atoms with Crippen molar-refractivity contribution in [3.05, 3.63) is 32.4 Å². The van der Waals surface area contributed by atoms with Gasteiger partial charge in [-0.05, 0) is 60.6 Å². The van der Waals surface area contributed by atoms with Crippen molar-refractivity contribution < 1.29 is 9.59 Å². The third-order valence-electron chi connectivity index (χ3n) is 3.82. The molecule has 3 nitrogen and oxygen atoms in total. The number of carbonyl (C=O) groups is 2. The average molecular weight is 420 g/mol. The van der Waals surface area contributed by atoms with E-state index in [0.29, 0.717) is 17.0 Å². The SMILES string of the molecule is CC(=O)CC1CCCCCN1C(=O)c1cc(Cl)ccc1I. The van der Waals surface area contributed by atoms with E-state index in [4.69, 9.17) is 11.6 Å². The van der Waals surface area contributed by atoms with Crippen LogP contribution in [-0.4, -0.2) is 29.2 Å². The molecule has 2 rings (SSSR count). The molecule has 1 fully saturated rings. The smallest absolute Gasteiger partial charge is 0.255 e. The predicted molar refractivity (Wildman–Crippen MR) is 92.8 cm³/mol. The molecule has 0 aliphatic carbocycles. The Bertz CT molecular complexity index is 547. The molecule has 0 spiro atoms. The number of nitrogens with zero attached hydrogens (tertiary/aromatic N) is 1. The highest BCUT2D eigenvalue weighted by molar-refractivity contribution is 14.1. The summed E-state index contributed by atoms with van der Waals surface area (Å²) in [7, 11) is 0. The summed E-state index contributed by atoms with van der Waals surface area (Å²) in [6, 6.07) is 5.39. The molecule has 0 aromatic heterocycles. The Hall–Kier alpha value is -0.620. The second kappa shape index (κ2) is 7.58. The molecule has 114 valence electrons.